The summed E-state index contributed by atoms with van der Waals surface area (Å²) in [4.78, 5) is 0. The molecule has 0 unspecified atom stereocenters. The fourth-order valence-electron chi connectivity index (χ4n) is 1.98. The highest BCUT2D eigenvalue weighted by atomic mass is 79.9. The molecule has 1 aromatic carbocycles. The number of rotatable bonds is 6. The summed E-state index contributed by atoms with van der Waals surface area (Å²) in [5.41, 5.74) is 1.49. The molecule has 0 atom stereocenters. The van der Waals surface area contributed by atoms with E-state index in [1.165, 1.54) is 36.9 Å². The van der Waals surface area contributed by atoms with Crippen LogP contribution in [0.1, 0.15) is 32.3 Å². The number of halogens is 2. The van der Waals surface area contributed by atoms with Crippen molar-refractivity contribution in [1.82, 2.24) is 0 Å². The van der Waals surface area contributed by atoms with E-state index in [1.54, 1.807) is 0 Å². The van der Waals surface area contributed by atoms with Gasteiger partial charge in [-0.2, -0.15) is 0 Å². The summed E-state index contributed by atoms with van der Waals surface area (Å²) < 4.78 is 0. The van der Waals surface area contributed by atoms with Crippen LogP contribution in [0.3, 0.4) is 0 Å². The SMILES string of the molecule is CCC[P+](Br)(CCC)Cc1ccccc1.[Br-]. The van der Waals surface area contributed by atoms with E-state index in [-0.39, 0.29) is 17.0 Å². The molecule has 0 spiro atoms. The minimum atomic E-state index is -0.879. The first-order valence-corrected chi connectivity index (χ1v) is 10.2. The Kier molecular flexibility index (Phi) is 8.99. The summed E-state index contributed by atoms with van der Waals surface area (Å²) in [5, 5.41) is 0. The molecule has 0 aromatic heterocycles. The number of hydrogen-bond acceptors (Lipinski definition) is 0. The van der Waals surface area contributed by atoms with Gasteiger partial charge in [0, 0.05) is 0 Å². The van der Waals surface area contributed by atoms with Crippen LogP contribution >= 0.6 is 21.5 Å². The molecular weight excluding hydrogens is 347 g/mol. The van der Waals surface area contributed by atoms with E-state index >= 15 is 0 Å². The lowest BCUT2D eigenvalue weighted by atomic mass is 10.2. The Bertz CT molecular complexity index is 269. The summed E-state index contributed by atoms with van der Waals surface area (Å²) in [5.74, 6) is -0.879. The maximum atomic E-state index is 4.05. The van der Waals surface area contributed by atoms with Crippen molar-refractivity contribution in [2.24, 2.45) is 0 Å². The summed E-state index contributed by atoms with van der Waals surface area (Å²) in [6.45, 7) is 4.58. The molecule has 3 heteroatoms. The van der Waals surface area contributed by atoms with Gasteiger partial charge in [-0.3, -0.25) is 0 Å². The van der Waals surface area contributed by atoms with Crippen molar-refractivity contribution in [3.63, 3.8) is 0 Å². The van der Waals surface area contributed by atoms with Crippen LogP contribution in [0.2, 0.25) is 0 Å². The molecule has 0 fully saturated rings. The summed E-state index contributed by atoms with van der Waals surface area (Å²) in [6, 6.07) is 10.9. The minimum Gasteiger partial charge on any atom is -1.00 e. The van der Waals surface area contributed by atoms with Crippen molar-refractivity contribution in [2.45, 2.75) is 32.9 Å². The van der Waals surface area contributed by atoms with E-state index in [1.807, 2.05) is 0 Å². The van der Waals surface area contributed by atoms with Crippen LogP contribution in [-0.4, -0.2) is 12.3 Å². The lowest BCUT2D eigenvalue weighted by molar-refractivity contribution is -0.00000320. The van der Waals surface area contributed by atoms with E-state index in [0.717, 1.165) is 0 Å². The van der Waals surface area contributed by atoms with Gasteiger partial charge in [0.2, 0.25) is 0 Å². The van der Waals surface area contributed by atoms with Gasteiger partial charge in [0.25, 0.3) is 0 Å². The number of benzene rings is 1. The second kappa shape index (κ2) is 8.66. The Morgan fingerprint density at radius 1 is 1.00 bits per heavy atom. The molecule has 1 aromatic rings. The molecule has 0 amide bonds. The van der Waals surface area contributed by atoms with E-state index in [2.05, 4.69) is 59.7 Å². The average Bonchev–Trinajstić information content (AvgIpc) is 2.19. The van der Waals surface area contributed by atoms with Crippen molar-refractivity contribution in [3.8, 4) is 0 Å². The Morgan fingerprint density at radius 2 is 1.50 bits per heavy atom. The van der Waals surface area contributed by atoms with E-state index in [0.29, 0.717) is 0 Å². The van der Waals surface area contributed by atoms with Crippen molar-refractivity contribution >= 4 is 21.5 Å². The van der Waals surface area contributed by atoms with Gasteiger partial charge >= 0.3 is 0 Å². The molecule has 0 aliphatic heterocycles. The van der Waals surface area contributed by atoms with E-state index in [4.69, 9.17) is 0 Å². The van der Waals surface area contributed by atoms with Crippen LogP contribution < -0.4 is 17.0 Å². The highest BCUT2D eigenvalue weighted by molar-refractivity contribution is 9.42. The third kappa shape index (κ3) is 5.80. The molecule has 0 aliphatic carbocycles. The maximum Gasteiger partial charge on any atom is 0.139 e. The third-order valence-corrected chi connectivity index (χ3v) is 8.87. The molecule has 0 bridgehead atoms. The quantitative estimate of drug-likeness (QED) is 0.677. The summed E-state index contributed by atoms with van der Waals surface area (Å²) >= 11 is 4.05. The number of hydrogen-bond donors (Lipinski definition) is 0. The topological polar surface area (TPSA) is 0 Å². The van der Waals surface area contributed by atoms with Crippen LogP contribution in [0.25, 0.3) is 0 Å². The zero-order valence-corrected chi connectivity index (χ0v) is 14.2. The zero-order valence-electron chi connectivity index (χ0n) is 10.1. The Morgan fingerprint density at radius 3 is 1.94 bits per heavy atom. The fraction of sp³-hybridized carbons (Fsp3) is 0.538. The van der Waals surface area contributed by atoms with Gasteiger partial charge in [0.1, 0.15) is 15.5 Å². The molecule has 16 heavy (non-hydrogen) atoms. The molecule has 0 nitrogen and oxygen atoms in total. The van der Waals surface area contributed by atoms with E-state index in [9.17, 15) is 0 Å². The van der Waals surface area contributed by atoms with Gasteiger partial charge in [-0.05, 0) is 18.4 Å². The second-order valence-electron chi connectivity index (χ2n) is 4.12. The monoisotopic (exact) mass is 366 g/mol. The van der Waals surface area contributed by atoms with Crippen LogP contribution in [0, 0.1) is 0 Å². The first-order valence-electron chi connectivity index (χ1n) is 5.80. The van der Waals surface area contributed by atoms with Gasteiger partial charge in [-0.15, -0.1) is 0 Å². The first kappa shape index (κ1) is 16.6. The van der Waals surface area contributed by atoms with Gasteiger partial charge in [0.05, 0.1) is 24.5 Å². The zero-order chi connectivity index (χ0) is 11.1. The standard InChI is InChI=1S/C13H21BrP.BrH/c1-3-10-15(14,11-4-2)12-13-8-6-5-7-9-13;/h5-9H,3-4,10-12H2,1-2H3;1H/q+1;/p-1. The molecule has 0 radical (unpaired) electrons. The molecule has 0 heterocycles. The fourth-order valence-corrected chi connectivity index (χ4v) is 7.99. The van der Waals surface area contributed by atoms with Crippen LogP contribution in [0.15, 0.2) is 30.3 Å². The molecule has 1 rings (SSSR count). The second-order valence-corrected chi connectivity index (χ2v) is 11.9. The first-order chi connectivity index (χ1) is 7.20. The van der Waals surface area contributed by atoms with Crippen molar-refractivity contribution < 1.29 is 17.0 Å². The smallest absolute Gasteiger partial charge is 0.139 e. The molecule has 0 saturated carbocycles. The molecule has 0 aliphatic rings. The van der Waals surface area contributed by atoms with Crippen LogP contribution in [0.5, 0.6) is 0 Å². The minimum absolute atomic E-state index is 0. The third-order valence-electron chi connectivity index (χ3n) is 2.56. The van der Waals surface area contributed by atoms with Crippen LogP contribution in [0.4, 0.5) is 0 Å². The lowest BCUT2D eigenvalue weighted by Gasteiger charge is -2.18. The highest BCUT2D eigenvalue weighted by Crippen LogP contribution is 2.69. The lowest BCUT2D eigenvalue weighted by Crippen LogP contribution is -3.00. The van der Waals surface area contributed by atoms with E-state index < -0.39 is 5.96 Å². The predicted molar refractivity (Wildman–Crippen MR) is 76.3 cm³/mol. The largest absolute Gasteiger partial charge is 1.00 e. The molecule has 0 N–H and O–H groups in total. The predicted octanol–water partition coefficient (Wildman–Crippen LogP) is 2.34. The van der Waals surface area contributed by atoms with Gasteiger partial charge in [0.15, 0.2) is 0 Å². The summed E-state index contributed by atoms with van der Waals surface area (Å²) in [7, 11) is 0. The maximum absolute atomic E-state index is 4.05. The Balaban J connectivity index is 0.00000225. The highest BCUT2D eigenvalue weighted by Gasteiger charge is 2.33. The Hall–Kier alpha value is 0.610. The van der Waals surface area contributed by atoms with Crippen molar-refractivity contribution in [1.29, 1.82) is 0 Å². The molecule has 92 valence electrons. The van der Waals surface area contributed by atoms with Crippen molar-refractivity contribution in [3.05, 3.63) is 35.9 Å². The molecular formula is C13H21Br2P. The van der Waals surface area contributed by atoms with Crippen molar-refractivity contribution in [2.75, 3.05) is 12.3 Å². The van der Waals surface area contributed by atoms with Crippen LogP contribution in [-0.2, 0) is 6.16 Å². The van der Waals surface area contributed by atoms with Gasteiger partial charge < -0.3 is 17.0 Å². The Labute approximate surface area is 119 Å². The van der Waals surface area contributed by atoms with Gasteiger partial charge in [-0.1, -0.05) is 44.2 Å². The van der Waals surface area contributed by atoms with Gasteiger partial charge in [-0.25, -0.2) is 0 Å². The summed E-state index contributed by atoms with van der Waals surface area (Å²) in [6.07, 6.45) is 6.60. The normalized spacial score (nSPS) is 10.9. The average molecular weight is 368 g/mol. The molecule has 0 saturated heterocycles.